The summed E-state index contributed by atoms with van der Waals surface area (Å²) < 4.78 is 22.5. The maximum Gasteiger partial charge on any atom is 0 e. The number of aryl methyl sites for hydroxylation is 1. The molecule has 0 fully saturated rings. The van der Waals surface area contributed by atoms with Gasteiger partial charge in [-0.15, -0.1) is 6.58 Å². The van der Waals surface area contributed by atoms with Crippen LogP contribution < -0.4 is 0 Å². The average Bonchev–Trinajstić information content (AvgIpc) is 2.52. The second-order valence-electron chi connectivity index (χ2n) is 2.77. The Bertz CT molecular complexity index is 424. The molecule has 0 spiro atoms. The summed E-state index contributed by atoms with van der Waals surface area (Å²) >= 11 is 5.98. The van der Waals surface area contributed by atoms with Crippen molar-refractivity contribution in [2.75, 3.05) is 0 Å². The van der Waals surface area contributed by atoms with Crippen LogP contribution in [0.25, 0.3) is 0 Å². The smallest absolute Gasteiger partial charge is 0 e. The summed E-state index contributed by atoms with van der Waals surface area (Å²) in [7, 11) is 0. The monoisotopic (exact) mass is 330 g/mol. The second-order valence-corrected chi connectivity index (χ2v) is 3.14. The molecule has 0 aromatic heterocycles. The molecule has 0 N–H and O–H groups in total. The van der Waals surface area contributed by atoms with Crippen LogP contribution in [-0.4, -0.2) is 6.29 Å². The van der Waals surface area contributed by atoms with Crippen molar-refractivity contribution in [1.29, 1.82) is 0 Å². The van der Waals surface area contributed by atoms with Gasteiger partial charge < -0.3 is 0 Å². The van der Waals surface area contributed by atoms with Gasteiger partial charge >= 0.3 is 33.9 Å². The molecule has 0 unspecified atom stereocenters. The van der Waals surface area contributed by atoms with Crippen LogP contribution >= 0.6 is 11.6 Å². The molecule has 0 bridgehead atoms. The van der Waals surface area contributed by atoms with Crippen molar-refractivity contribution in [3.05, 3.63) is 67.0 Å². The Morgan fingerprint density at radius 1 is 1.15 bits per heavy atom. The van der Waals surface area contributed by atoms with Crippen LogP contribution in [-0.2, 0) is 37.7 Å². The van der Waals surface area contributed by atoms with Crippen molar-refractivity contribution < 1.29 is 36.1 Å². The van der Waals surface area contributed by atoms with Gasteiger partial charge in [-0.3, -0.25) is 4.79 Å². The molecule has 0 amide bonds. The van der Waals surface area contributed by atoms with E-state index in [1.807, 2.05) is 18.2 Å². The molecule has 4 nitrogen and oxygen atoms in total. The predicted octanol–water partition coefficient (Wildman–Crippen LogP) is 3.16. The van der Waals surface area contributed by atoms with E-state index in [4.69, 9.17) is 25.6 Å². The molecule has 0 atom stereocenters. The van der Waals surface area contributed by atoms with Gasteiger partial charge in [-0.05, 0) is 18.4 Å². The van der Waals surface area contributed by atoms with E-state index in [1.165, 1.54) is 0 Å². The first-order valence-electron chi connectivity index (χ1n) is 4.74. The van der Waals surface area contributed by atoms with Gasteiger partial charge in [-0.25, -0.2) is 0 Å². The topological polar surface area (TPSA) is 76.8 Å². The fourth-order valence-electron chi connectivity index (χ4n) is 1.14. The van der Waals surface area contributed by atoms with E-state index in [1.54, 1.807) is 6.07 Å². The van der Waals surface area contributed by atoms with Crippen LogP contribution in [0.2, 0.25) is 5.02 Å². The number of carbonyl (C=O) groups excluding carboxylic acids is 1. The van der Waals surface area contributed by atoms with E-state index in [2.05, 4.69) is 26.5 Å². The zero-order valence-corrected chi connectivity index (χ0v) is 12.5. The summed E-state index contributed by atoms with van der Waals surface area (Å²) in [5, 5.41) is 0.569. The van der Waals surface area contributed by atoms with E-state index in [0.29, 0.717) is 10.6 Å². The number of rotatable bonds is 4. The van der Waals surface area contributed by atoms with E-state index < -0.39 is 0 Å². The Kier molecular flexibility index (Phi) is 30.9. The number of hydrogen-bond acceptors (Lipinski definition) is 1. The predicted molar refractivity (Wildman–Crippen MR) is 67.1 cm³/mol. The normalized spacial score (nSPS) is 6.55. The Labute approximate surface area is 134 Å². The number of carbonyl (C=O) groups is 1. The molecule has 0 aliphatic rings. The SMILES string of the molecule is C=CCCc1cccc(C=O)c1Cl.[C-]#[O+].[C-]#[O+].[C-]#[O+].[Cr]. The third-order valence-corrected chi connectivity index (χ3v) is 2.31. The first kappa shape index (κ1) is 27.1. The summed E-state index contributed by atoms with van der Waals surface area (Å²) in [5.41, 5.74) is 1.56. The van der Waals surface area contributed by atoms with Crippen molar-refractivity contribution in [3.63, 3.8) is 0 Å². The minimum Gasteiger partial charge on any atom is 0 e. The molecule has 1 aromatic carbocycles. The molecule has 20 heavy (non-hydrogen) atoms. The van der Waals surface area contributed by atoms with Crippen LogP contribution in [0.1, 0.15) is 22.3 Å². The van der Waals surface area contributed by atoms with Gasteiger partial charge in [-0.1, -0.05) is 35.9 Å². The summed E-state index contributed by atoms with van der Waals surface area (Å²) in [5.74, 6) is 0. The van der Waals surface area contributed by atoms with Crippen molar-refractivity contribution in [2.45, 2.75) is 12.8 Å². The fourth-order valence-corrected chi connectivity index (χ4v) is 1.41. The Balaban J connectivity index is -0.000000162. The van der Waals surface area contributed by atoms with Crippen molar-refractivity contribution >= 4 is 17.9 Å². The number of allylic oxidation sites excluding steroid dienone is 1. The molecular formula is C14H11ClCrO4. The molecular weight excluding hydrogens is 320 g/mol. The van der Waals surface area contributed by atoms with Crippen LogP contribution in [0.4, 0.5) is 0 Å². The Morgan fingerprint density at radius 2 is 1.65 bits per heavy atom. The molecule has 0 aliphatic carbocycles. The third kappa shape index (κ3) is 11.7. The zero-order valence-electron chi connectivity index (χ0n) is 10.4. The summed E-state index contributed by atoms with van der Waals surface area (Å²) in [6, 6.07) is 5.49. The van der Waals surface area contributed by atoms with Gasteiger partial charge in [0.2, 0.25) is 0 Å². The van der Waals surface area contributed by atoms with Crippen LogP contribution in [0.3, 0.4) is 0 Å². The quantitative estimate of drug-likeness (QED) is 0.361. The zero-order chi connectivity index (χ0) is 15.7. The van der Waals surface area contributed by atoms with Gasteiger partial charge in [0, 0.05) is 22.9 Å². The minimum absolute atomic E-state index is 0. The van der Waals surface area contributed by atoms with Crippen molar-refractivity contribution in [3.8, 4) is 0 Å². The first-order chi connectivity index (χ1) is 9.29. The molecule has 0 saturated carbocycles. The third-order valence-electron chi connectivity index (χ3n) is 1.85. The average molecular weight is 331 g/mol. The molecule has 0 saturated heterocycles. The first-order valence-corrected chi connectivity index (χ1v) is 5.12. The fraction of sp³-hybridized carbons (Fsp3) is 0.143. The molecule has 6 heteroatoms. The Morgan fingerprint density at radius 3 is 2.05 bits per heavy atom. The largest absolute Gasteiger partial charge is 0 e. The van der Waals surface area contributed by atoms with Crippen LogP contribution in [0.5, 0.6) is 0 Å². The summed E-state index contributed by atoms with van der Waals surface area (Å²) in [4.78, 5) is 10.5. The number of aldehydes is 1. The van der Waals surface area contributed by atoms with Gasteiger partial charge in [0.05, 0.1) is 5.02 Å². The van der Waals surface area contributed by atoms with E-state index >= 15 is 0 Å². The number of halogens is 1. The molecule has 1 aromatic rings. The van der Waals surface area contributed by atoms with Gasteiger partial charge in [0.25, 0.3) is 0 Å². The van der Waals surface area contributed by atoms with E-state index in [-0.39, 0.29) is 17.4 Å². The van der Waals surface area contributed by atoms with Gasteiger partial charge in [0.15, 0.2) is 6.29 Å². The van der Waals surface area contributed by atoms with Gasteiger partial charge in [0.1, 0.15) is 0 Å². The minimum atomic E-state index is 0. The van der Waals surface area contributed by atoms with E-state index in [9.17, 15) is 4.79 Å². The Hall–Kier alpha value is -1.33. The molecule has 0 aliphatic heterocycles. The number of benzene rings is 1. The second kappa shape index (κ2) is 22.8. The molecule has 104 valence electrons. The molecule has 1 rings (SSSR count). The van der Waals surface area contributed by atoms with Crippen molar-refractivity contribution in [2.24, 2.45) is 0 Å². The van der Waals surface area contributed by atoms with Crippen LogP contribution in [0.15, 0.2) is 30.9 Å². The van der Waals surface area contributed by atoms with Crippen LogP contribution in [0, 0.1) is 20.0 Å². The molecule has 0 heterocycles. The maximum atomic E-state index is 10.5. The van der Waals surface area contributed by atoms with E-state index in [0.717, 1.165) is 24.7 Å². The van der Waals surface area contributed by atoms with Crippen molar-refractivity contribution in [1.82, 2.24) is 0 Å². The maximum absolute atomic E-state index is 10.5. The summed E-state index contributed by atoms with van der Waals surface area (Å²) in [6.07, 6.45) is 4.33. The standard InChI is InChI=1S/C11H11ClO.3CO.Cr/c1-2-3-5-9-6-4-7-10(8-13)11(9)12;3*1-2;/h2,4,6-8H,1,3,5H2;;;;. The summed E-state index contributed by atoms with van der Waals surface area (Å²) in [6.45, 7) is 17.1. The van der Waals surface area contributed by atoms with Gasteiger partial charge in [-0.2, -0.15) is 0 Å². The molecule has 0 radical (unpaired) electrons. The number of hydrogen-bond donors (Lipinski definition) is 0.